The fourth-order valence-corrected chi connectivity index (χ4v) is 2.50. The predicted molar refractivity (Wildman–Crippen MR) is 82.2 cm³/mol. The molecule has 0 amide bonds. The number of halogens is 2. The predicted octanol–water partition coefficient (Wildman–Crippen LogP) is 4.74. The molecule has 0 heterocycles. The van der Waals surface area contributed by atoms with Gasteiger partial charge in [0.2, 0.25) is 0 Å². The summed E-state index contributed by atoms with van der Waals surface area (Å²) in [4.78, 5) is 12.3. The van der Waals surface area contributed by atoms with Gasteiger partial charge in [-0.1, -0.05) is 53.0 Å². The molecule has 0 aliphatic heterocycles. The van der Waals surface area contributed by atoms with Crippen molar-refractivity contribution in [3.63, 3.8) is 0 Å². The zero-order chi connectivity index (χ0) is 14.7. The molecule has 0 bridgehead atoms. The normalized spacial score (nSPS) is 10.4. The van der Waals surface area contributed by atoms with Gasteiger partial charge < -0.3 is 4.74 Å². The number of ketones is 1. The van der Waals surface area contributed by atoms with Crippen molar-refractivity contribution in [2.24, 2.45) is 0 Å². The Bertz CT molecular complexity index is 651. The van der Waals surface area contributed by atoms with E-state index in [1.165, 1.54) is 7.11 Å². The quantitative estimate of drug-likeness (QED) is 0.763. The highest BCUT2D eigenvalue weighted by atomic mass is 35.5. The van der Waals surface area contributed by atoms with Crippen LogP contribution in [-0.4, -0.2) is 12.9 Å². The van der Waals surface area contributed by atoms with Crippen LogP contribution in [0.25, 0.3) is 0 Å². The minimum Gasteiger partial charge on any atom is -0.495 e. The Labute approximate surface area is 128 Å². The summed E-state index contributed by atoms with van der Waals surface area (Å²) in [6.07, 6.45) is 0.296. The smallest absolute Gasteiger partial charge is 0.168 e. The van der Waals surface area contributed by atoms with Crippen LogP contribution in [0.5, 0.6) is 5.75 Å². The molecule has 0 aliphatic carbocycles. The van der Waals surface area contributed by atoms with Crippen LogP contribution in [-0.2, 0) is 6.42 Å². The first-order chi connectivity index (χ1) is 9.51. The molecule has 4 heteroatoms. The second-order valence-corrected chi connectivity index (χ2v) is 5.37. The molecule has 0 radical (unpaired) electrons. The fraction of sp³-hybridized carbons (Fsp3) is 0.188. The number of methoxy groups -OCH3 is 1. The van der Waals surface area contributed by atoms with E-state index in [0.717, 1.165) is 11.1 Å². The lowest BCUT2D eigenvalue weighted by Gasteiger charge is -2.08. The summed E-state index contributed by atoms with van der Waals surface area (Å²) < 4.78 is 5.07. The number of carbonyl (C=O) groups excluding carboxylic acids is 1. The van der Waals surface area contributed by atoms with Crippen LogP contribution in [0.1, 0.15) is 21.5 Å². The van der Waals surface area contributed by atoms with E-state index in [0.29, 0.717) is 27.8 Å². The third-order valence-corrected chi connectivity index (χ3v) is 3.60. The molecule has 2 rings (SSSR count). The van der Waals surface area contributed by atoms with Gasteiger partial charge in [0.25, 0.3) is 0 Å². The van der Waals surface area contributed by atoms with Gasteiger partial charge in [-0.3, -0.25) is 4.79 Å². The van der Waals surface area contributed by atoms with E-state index in [-0.39, 0.29) is 5.78 Å². The fourth-order valence-electron chi connectivity index (χ4n) is 2.00. The van der Waals surface area contributed by atoms with Crippen molar-refractivity contribution < 1.29 is 9.53 Å². The van der Waals surface area contributed by atoms with Gasteiger partial charge in [-0.25, -0.2) is 0 Å². The average Bonchev–Trinajstić information content (AvgIpc) is 2.40. The second-order valence-electron chi connectivity index (χ2n) is 4.56. The molecule has 20 heavy (non-hydrogen) atoms. The molecule has 0 unspecified atom stereocenters. The average molecular weight is 309 g/mol. The maximum atomic E-state index is 12.3. The van der Waals surface area contributed by atoms with E-state index in [1.54, 1.807) is 12.1 Å². The van der Waals surface area contributed by atoms with Crippen molar-refractivity contribution in [3.8, 4) is 5.75 Å². The van der Waals surface area contributed by atoms with Crippen LogP contribution in [0.3, 0.4) is 0 Å². The Balaban J connectivity index is 2.28. The molecule has 2 aromatic carbocycles. The van der Waals surface area contributed by atoms with Gasteiger partial charge in [-0.2, -0.15) is 0 Å². The zero-order valence-electron chi connectivity index (χ0n) is 11.2. The van der Waals surface area contributed by atoms with Crippen molar-refractivity contribution in [2.45, 2.75) is 13.3 Å². The number of aryl methyl sites for hydroxylation is 1. The molecular formula is C16H14Cl2O2. The van der Waals surface area contributed by atoms with Gasteiger partial charge in [0.15, 0.2) is 5.78 Å². The number of benzene rings is 2. The first-order valence-electron chi connectivity index (χ1n) is 6.13. The lowest BCUT2D eigenvalue weighted by Crippen LogP contribution is -2.05. The highest BCUT2D eigenvalue weighted by Gasteiger charge is 2.15. The summed E-state index contributed by atoms with van der Waals surface area (Å²) in [5.74, 6) is 0.397. The van der Waals surface area contributed by atoms with Crippen LogP contribution < -0.4 is 4.74 Å². The van der Waals surface area contributed by atoms with Crippen molar-refractivity contribution in [3.05, 3.63) is 63.1 Å². The third-order valence-electron chi connectivity index (χ3n) is 2.99. The van der Waals surface area contributed by atoms with Gasteiger partial charge in [-0.15, -0.1) is 0 Å². The third kappa shape index (κ3) is 3.33. The summed E-state index contributed by atoms with van der Waals surface area (Å²) in [6.45, 7) is 1.99. The van der Waals surface area contributed by atoms with Crippen LogP contribution in [0, 0.1) is 6.92 Å². The Morgan fingerprint density at radius 2 is 1.90 bits per heavy atom. The van der Waals surface area contributed by atoms with E-state index < -0.39 is 0 Å². The van der Waals surface area contributed by atoms with Crippen molar-refractivity contribution >= 4 is 29.0 Å². The largest absolute Gasteiger partial charge is 0.495 e. The first kappa shape index (κ1) is 14.9. The summed E-state index contributed by atoms with van der Waals surface area (Å²) in [5.41, 5.74) is 2.49. The van der Waals surface area contributed by atoms with Crippen molar-refractivity contribution in [2.75, 3.05) is 7.11 Å². The number of carbonyl (C=O) groups is 1. The highest BCUT2D eigenvalue weighted by Crippen LogP contribution is 2.31. The molecule has 0 spiro atoms. The van der Waals surface area contributed by atoms with E-state index in [1.807, 2.05) is 31.2 Å². The summed E-state index contributed by atoms with van der Waals surface area (Å²) in [7, 11) is 1.51. The van der Waals surface area contributed by atoms with Gasteiger partial charge in [0.1, 0.15) is 5.75 Å². The van der Waals surface area contributed by atoms with E-state index in [9.17, 15) is 4.79 Å². The monoisotopic (exact) mass is 308 g/mol. The summed E-state index contributed by atoms with van der Waals surface area (Å²) in [5, 5.41) is 0.730. The van der Waals surface area contributed by atoms with E-state index in [4.69, 9.17) is 27.9 Å². The number of ether oxygens (including phenoxy) is 1. The van der Waals surface area contributed by atoms with Crippen molar-refractivity contribution in [1.82, 2.24) is 0 Å². The summed E-state index contributed by atoms with van der Waals surface area (Å²) >= 11 is 12.2. The number of rotatable bonds is 4. The lowest BCUT2D eigenvalue weighted by atomic mass is 10.0. The minimum absolute atomic E-state index is 0.0647. The topological polar surface area (TPSA) is 26.3 Å². The van der Waals surface area contributed by atoms with Crippen LogP contribution in [0.4, 0.5) is 0 Å². The minimum atomic E-state index is -0.0647. The maximum Gasteiger partial charge on any atom is 0.168 e. The molecule has 0 N–H and O–H groups in total. The molecule has 0 saturated carbocycles. The Hall–Kier alpha value is -1.51. The lowest BCUT2D eigenvalue weighted by molar-refractivity contribution is 0.0993. The van der Waals surface area contributed by atoms with Crippen LogP contribution >= 0.6 is 23.2 Å². The molecule has 0 saturated heterocycles. The Morgan fingerprint density at radius 3 is 2.55 bits per heavy atom. The van der Waals surface area contributed by atoms with Crippen LogP contribution in [0.15, 0.2) is 36.4 Å². The first-order valence-corrected chi connectivity index (χ1v) is 6.88. The molecule has 2 aromatic rings. The van der Waals surface area contributed by atoms with Crippen LogP contribution in [0.2, 0.25) is 10.0 Å². The number of hydrogen-bond donors (Lipinski definition) is 0. The van der Waals surface area contributed by atoms with Gasteiger partial charge in [-0.05, 0) is 18.6 Å². The van der Waals surface area contributed by atoms with Gasteiger partial charge >= 0.3 is 0 Å². The maximum absolute atomic E-state index is 12.3. The second kappa shape index (κ2) is 6.29. The molecule has 2 nitrogen and oxygen atoms in total. The standard InChI is InChI=1S/C16H14Cl2O2/c1-10-4-3-5-11(6-10)7-15(19)12-8-14(18)16(20-2)9-13(12)17/h3-6,8-9H,7H2,1-2H3. The van der Waals surface area contributed by atoms with E-state index >= 15 is 0 Å². The Morgan fingerprint density at radius 1 is 1.15 bits per heavy atom. The Kier molecular flexibility index (Phi) is 4.69. The molecule has 104 valence electrons. The van der Waals surface area contributed by atoms with Gasteiger partial charge in [0, 0.05) is 18.1 Å². The van der Waals surface area contributed by atoms with E-state index in [2.05, 4.69) is 0 Å². The molecular weight excluding hydrogens is 295 g/mol. The number of hydrogen-bond acceptors (Lipinski definition) is 2. The van der Waals surface area contributed by atoms with Gasteiger partial charge in [0.05, 0.1) is 17.2 Å². The molecule has 0 aromatic heterocycles. The zero-order valence-corrected chi connectivity index (χ0v) is 12.8. The number of Topliss-reactive ketones (excluding diaryl/α,β-unsaturated/α-hetero) is 1. The summed E-state index contributed by atoms with van der Waals surface area (Å²) in [6, 6.07) is 10.9. The molecule has 0 atom stereocenters. The highest BCUT2D eigenvalue weighted by molar-refractivity contribution is 6.36. The molecule has 0 fully saturated rings. The van der Waals surface area contributed by atoms with Crippen molar-refractivity contribution in [1.29, 1.82) is 0 Å². The SMILES string of the molecule is COc1cc(Cl)c(C(=O)Cc2cccc(C)c2)cc1Cl. The molecule has 0 aliphatic rings.